The molecule has 1 heterocycles. The molecule has 1 saturated heterocycles. The van der Waals surface area contributed by atoms with Crippen LogP contribution in [0.5, 0.6) is 0 Å². The maximum absolute atomic E-state index is 12.5. The Balaban J connectivity index is 2.05. The zero-order chi connectivity index (χ0) is 17.9. The second-order valence-corrected chi connectivity index (χ2v) is 6.86. The summed E-state index contributed by atoms with van der Waals surface area (Å²) >= 11 is 0. The summed E-state index contributed by atoms with van der Waals surface area (Å²) in [6, 6.07) is 4.40. The zero-order valence-electron chi connectivity index (χ0n) is 15.4. The molecule has 0 spiro atoms. The van der Waals surface area contributed by atoms with E-state index in [4.69, 9.17) is 0 Å². The van der Waals surface area contributed by atoms with Crippen molar-refractivity contribution in [2.75, 3.05) is 24.5 Å². The fraction of sp³-hybridized carbons (Fsp3) is 0.579. The van der Waals surface area contributed by atoms with Gasteiger partial charge in [-0.05, 0) is 45.4 Å². The molecule has 24 heavy (non-hydrogen) atoms. The first-order valence-corrected chi connectivity index (χ1v) is 8.72. The van der Waals surface area contributed by atoms with E-state index < -0.39 is 0 Å². The second kappa shape index (κ2) is 7.79. The fourth-order valence-corrected chi connectivity index (χ4v) is 3.52. The second-order valence-electron chi connectivity index (χ2n) is 6.86. The first-order valence-electron chi connectivity index (χ1n) is 8.72. The highest BCUT2D eigenvalue weighted by Gasteiger charge is 2.36. The van der Waals surface area contributed by atoms with Crippen LogP contribution in [-0.4, -0.2) is 37.5 Å². The van der Waals surface area contributed by atoms with E-state index in [0.717, 1.165) is 23.4 Å². The molecule has 1 unspecified atom stereocenters. The number of rotatable bonds is 6. The number of hydrogen-bond acceptors (Lipinski definition) is 3. The number of hydrogen-bond donors (Lipinski definition) is 2. The molecule has 1 aromatic rings. The van der Waals surface area contributed by atoms with Crippen LogP contribution in [-0.2, 0) is 9.59 Å². The van der Waals surface area contributed by atoms with Gasteiger partial charge in [-0.1, -0.05) is 24.6 Å². The van der Waals surface area contributed by atoms with Crippen LogP contribution in [0.25, 0.3) is 0 Å². The third-order valence-electron chi connectivity index (χ3n) is 4.54. The molecule has 5 nitrogen and oxygen atoms in total. The molecule has 0 aliphatic carbocycles. The van der Waals surface area contributed by atoms with Gasteiger partial charge in [0, 0.05) is 31.2 Å². The molecule has 0 saturated carbocycles. The van der Waals surface area contributed by atoms with Gasteiger partial charge in [-0.15, -0.1) is 0 Å². The van der Waals surface area contributed by atoms with Gasteiger partial charge in [0.25, 0.3) is 0 Å². The van der Waals surface area contributed by atoms with Crippen LogP contribution < -0.4 is 15.5 Å². The average molecular weight is 331 g/mol. The molecule has 1 fully saturated rings. The van der Waals surface area contributed by atoms with Gasteiger partial charge in [-0.3, -0.25) is 9.59 Å². The van der Waals surface area contributed by atoms with Crippen molar-refractivity contribution in [3.63, 3.8) is 0 Å². The van der Waals surface area contributed by atoms with Crippen molar-refractivity contribution in [3.8, 4) is 0 Å². The topological polar surface area (TPSA) is 61.4 Å². The van der Waals surface area contributed by atoms with E-state index in [1.54, 1.807) is 4.90 Å². The number of likely N-dealkylation sites (N-methyl/N-ethyl adjacent to an activating group) is 1. The monoisotopic (exact) mass is 331 g/mol. The fourth-order valence-electron chi connectivity index (χ4n) is 3.52. The Labute approximate surface area is 144 Å². The van der Waals surface area contributed by atoms with Crippen molar-refractivity contribution in [3.05, 3.63) is 28.8 Å². The number of carbonyl (C=O) groups is 2. The number of nitrogens with one attached hydrogen (secondary N) is 2. The highest BCUT2D eigenvalue weighted by atomic mass is 16.2. The van der Waals surface area contributed by atoms with Crippen LogP contribution in [0, 0.1) is 26.7 Å². The van der Waals surface area contributed by atoms with Gasteiger partial charge in [0.15, 0.2) is 0 Å². The minimum Gasteiger partial charge on any atom is -0.354 e. The molecule has 132 valence electrons. The number of anilines is 1. The molecular formula is C19H29N3O2. The number of amides is 2. The highest BCUT2D eigenvalue weighted by molar-refractivity contribution is 6.01. The van der Waals surface area contributed by atoms with Crippen LogP contribution in [0.2, 0.25) is 0 Å². The van der Waals surface area contributed by atoms with E-state index in [1.807, 2.05) is 27.7 Å². The molecule has 0 radical (unpaired) electrons. The van der Waals surface area contributed by atoms with Crippen molar-refractivity contribution < 1.29 is 9.59 Å². The molecule has 2 rings (SSSR count). The normalized spacial score (nSPS) is 18.8. The summed E-state index contributed by atoms with van der Waals surface area (Å²) < 4.78 is 0. The summed E-state index contributed by atoms with van der Waals surface area (Å²) in [6.45, 7) is 12.1. The van der Waals surface area contributed by atoms with Crippen LogP contribution >= 0.6 is 0 Å². The molecule has 5 heteroatoms. The SMILES string of the molecule is CCN[C@H](C)CNC(=O)C1CC(=O)N(c2c(C)cc(C)cc2C)C1. The van der Waals surface area contributed by atoms with Gasteiger partial charge >= 0.3 is 0 Å². The lowest BCUT2D eigenvalue weighted by molar-refractivity contribution is -0.126. The summed E-state index contributed by atoms with van der Waals surface area (Å²) in [7, 11) is 0. The first-order chi connectivity index (χ1) is 11.3. The molecule has 0 bridgehead atoms. The van der Waals surface area contributed by atoms with Crippen molar-refractivity contribution in [2.24, 2.45) is 5.92 Å². The van der Waals surface area contributed by atoms with Crippen LogP contribution in [0.1, 0.15) is 37.0 Å². The van der Waals surface area contributed by atoms with E-state index in [1.165, 1.54) is 5.56 Å². The Morgan fingerprint density at radius 1 is 1.29 bits per heavy atom. The number of carbonyl (C=O) groups excluding carboxylic acids is 2. The largest absolute Gasteiger partial charge is 0.354 e. The van der Waals surface area contributed by atoms with Gasteiger partial charge < -0.3 is 15.5 Å². The van der Waals surface area contributed by atoms with Gasteiger partial charge in [0.2, 0.25) is 11.8 Å². The van der Waals surface area contributed by atoms with Crippen LogP contribution in [0.4, 0.5) is 5.69 Å². The molecule has 1 aromatic carbocycles. The maximum atomic E-state index is 12.5. The summed E-state index contributed by atoms with van der Waals surface area (Å²) in [4.78, 5) is 26.6. The minimum absolute atomic E-state index is 0.0296. The van der Waals surface area contributed by atoms with Crippen molar-refractivity contribution in [1.29, 1.82) is 0 Å². The van der Waals surface area contributed by atoms with Gasteiger partial charge in [0.05, 0.1) is 5.92 Å². The Morgan fingerprint density at radius 3 is 2.50 bits per heavy atom. The molecular weight excluding hydrogens is 302 g/mol. The molecule has 1 aliphatic heterocycles. The van der Waals surface area contributed by atoms with E-state index >= 15 is 0 Å². The minimum atomic E-state index is -0.272. The maximum Gasteiger partial charge on any atom is 0.227 e. The van der Waals surface area contributed by atoms with E-state index in [9.17, 15) is 9.59 Å². The first kappa shape index (κ1) is 18.5. The smallest absolute Gasteiger partial charge is 0.227 e. The summed E-state index contributed by atoms with van der Waals surface area (Å²) in [5.74, 6) is -0.269. The number of benzene rings is 1. The van der Waals surface area contributed by atoms with Gasteiger partial charge in [-0.25, -0.2) is 0 Å². The van der Waals surface area contributed by atoms with Gasteiger partial charge in [0.1, 0.15) is 0 Å². The quantitative estimate of drug-likeness (QED) is 0.839. The zero-order valence-corrected chi connectivity index (χ0v) is 15.4. The molecule has 2 amide bonds. The number of nitrogens with zero attached hydrogens (tertiary/aromatic N) is 1. The molecule has 1 aliphatic rings. The molecule has 2 N–H and O–H groups in total. The average Bonchev–Trinajstić information content (AvgIpc) is 2.86. The van der Waals surface area contributed by atoms with Crippen molar-refractivity contribution >= 4 is 17.5 Å². The predicted octanol–water partition coefficient (Wildman–Crippen LogP) is 2.08. The lowest BCUT2D eigenvalue weighted by Gasteiger charge is -2.22. The Bertz CT molecular complexity index is 604. The Morgan fingerprint density at radius 2 is 1.92 bits per heavy atom. The van der Waals surface area contributed by atoms with Crippen molar-refractivity contribution in [2.45, 2.75) is 47.1 Å². The Kier molecular flexibility index (Phi) is 5.99. The van der Waals surface area contributed by atoms with E-state index in [2.05, 4.69) is 29.7 Å². The lowest BCUT2D eigenvalue weighted by atomic mass is 10.0. The van der Waals surface area contributed by atoms with E-state index in [0.29, 0.717) is 13.1 Å². The van der Waals surface area contributed by atoms with E-state index in [-0.39, 0.29) is 30.2 Å². The lowest BCUT2D eigenvalue weighted by Crippen LogP contribution is -2.41. The highest BCUT2D eigenvalue weighted by Crippen LogP contribution is 2.31. The third-order valence-corrected chi connectivity index (χ3v) is 4.54. The Hall–Kier alpha value is -1.88. The van der Waals surface area contributed by atoms with Gasteiger partial charge in [-0.2, -0.15) is 0 Å². The standard InChI is InChI=1S/C19H29N3O2/c1-6-20-15(5)10-21-19(24)16-9-17(23)22(11-16)18-13(3)7-12(2)8-14(18)4/h7-8,15-16,20H,6,9-11H2,1-5H3,(H,21,24)/t15-,16?/m1/s1. The predicted molar refractivity (Wildman–Crippen MR) is 97.3 cm³/mol. The molecule has 2 atom stereocenters. The van der Waals surface area contributed by atoms with Crippen molar-refractivity contribution in [1.82, 2.24) is 10.6 Å². The summed E-state index contributed by atoms with van der Waals surface area (Å²) in [5, 5.41) is 6.22. The molecule has 0 aromatic heterocycles. The summed E-state index contributed by atoms with van der Waals surface area (Å²) in [5.41, 5.74) is 4.32. The van der Waals surface area contributed by atoms with Crippen LogP contribution in [0.15, 0.2) is 12.1 Å². The third kappa shape index (κ3) is 4.15. The summed E-state index contributed by atoms with van der Waals surface area (Å²) in [6.07, 6.45) is 0.286. The van der Waals surface area contributed by atoms with Crippen LogP contribution in [0.3, 0.4) is 0 Å². The number of aryl methyl sites for hydroxylation is 3.